The largest absolute Gasteiger partial charge is 0.534 e. The number of hydrogen-bond donors (Lipinski definition) is 0. The second-order valence-electron chi connectivity index (χ2n) is 3.12. The van der Waals surface area contributed by atoms with Gasteiger partial charge in [-0.25, -0.2) is 9.97 Å². The molecule has 5 heteroatoms. The molecule has 0 radical (unpaired) electrons. The second-order valence-corrected chi connectivity index (χ2v) is 3.12. The van der Waals surface area contributed by atoms with E-state index in [9.17, 15) is 0 Å². The Bertz CT molecular complexity index is 273. The molecule has 13 heavy (non-hydrogen) atoms. The van der Waals surface area contributed by atoms with Crippen molar-refractivity contribution in [1.82, 2.24) is 9.97 Å². The summed E-state index contributed by atoms with van der Waals surface area (Å²) in [4.78, 5) is 8.14. The molecule has 0 bridgehead atoms. The van der Waals surface area contributed by atoms with E-state index >= 15 is 0 Å². The zero-order valence-electron chi connectivity index (χ0n) is 7.68. The van der Waals surface area contributed by atoms with Crippen LogP contribution in [0.4, 0.5) is 0 Å². The van der Waals surface area contributed by atoms with Crippen LogP contribution >= 0.6 is 0 Å². The van der Waals surface area contributed by atoms with Gasteiger partial charge in [0.15, 0.2) is 5.72 Å². The third-order valence-electron chi connectivity index (χ3n) is 2.13. The van der Waals surface area contributed by atoms with Crippen LogP contribution in [-0.2, 0) is 9.31 Å². The van der Waals surface area contributed by atoms with E-state index in [0.717, 1.165) is 0 Å². The third kappa shape index (κ3) is 1.71. The summed E-state index contributed by atoms with van der Waals surface area (Å²) in [7, 11) is -0.397. The summed E-state index contributed by atoms with van der Waals surface area (Å²) in [5.41, 5.74) is 0.596. The van der Waals surface area contributed by atoms with Crippen molar-refractivity contribution >= 4 is 12.8 Å². The predicted molar refractivity (Wildman–Crippen MR) is 48.5 cm³/mol. The molecule has 0 N–H and O–H groups in total. The van der Waals surface area contributed by atoms with Gasteiger partial charge in [-0.2, -0.15) is 0 Å². The zero-order chi connectivity index (χ0) is 9.26. The Morgan fingerprint density at radius 2 is 1.69 bits per heavy atom. The lowest BCUT2D eigenvalue weighted by Gasteiger charge is -2.04. The van der Waals surface area contributed by atoms with Gasteiger partial charge in [0.2, 0.25) is 0 Å². The molecular formula is C8H11BN2O2. The first kappa shape index (κ1) is 8.65. The average molecular weight is 178 g/mol. The minimum Gasteiger partial charge on any atom is -0.400 e. The lowest BCUT2D eigenvalue weighted by molar-refractivity contribution is 0.187. The van der Waals surface area contributed by atoms with E-state index in [1.807, 2.05) is 13.8 Å². The van der Waals surface area contributed by atoms with Gasteiger partial charge in [0, 0.05) is 12.4 Å². The molecule has 2 rings (SSSR count). The topological polar surface area (TPSA) is 44.2 Å². The highest BCUT2D eigenvalue weighted by Gasteiger charge is 2.37. The van der Waals surface area contributed by atoms with E-state index in [4.69, 9.17) is 9.31 Å². The maximum Gasteiger partial charge on any atom is 0.534 e. The van der Waals surface area contributed by atoms with Gasteiger partial charge < -0.3 is 9.31 Å². The molecular weight excluding hydrogens is 167 g/mol. The standard InChI is InChI=1S/C8H11BN2O2/c1-6-7(2)13-9(12-6)8-10-4-3-5-11-8/h3-7H,1-2H3. The van der Waals surface area contributed by atoms with E-state index in [0.29, 0.717) is 5.72 Å². The maximum absolute atomic E-state index is 5.51. The predicted octanol–water partition coefficient (Wildman–Crippen LogP) is -0.00440. The number of rotatable bonds is 1. The summed E-state index contributed by atoms with van der Waals surface area (Å²) in [5, 5.41) is 0. The highest BCUT2D eigenvalue weighted by atomic mass is 16.7. The molecule has 0 amide bonds. The van der Waals surface area contributed by atoms with Gasteiger partial charge in [-0.05, 0) is 19.9 Å². The molecule has 1 aromatic rings. The Morgan fingerprint density at radius 3 is 2.23 bits per heavy atom. The van der Waals surface area contributed by atoms with Gasteiger partial charge in [0.25, 0.3) is 0 Å². The molecule has 0 aromatic carbocycles. The fourth-order valence-electron chi connectivity index (χ4n) is 1.20. The van der Waals surface area contributed by atoms with Gasteiger partial charge in [0.05, 0.1) is 12.2 Å². The van der Waals surface area contributed by atoms with Gasteiger partial charge in [-0.15, -0.1) is 0 Å². The molecule has 4 nitrogen and oxygen atoms in total. The third-order valence-corrected chi connectivity index (χ3v) is 2.13. The van der Waals surface area contributed by atoms with Crippen molar-refractivity contribution in [2.45, 2.75) is 26.1 Å². The normalized spacial score (nSPS) is 28.0. The first-order valence-corrected chi connectivity index (χ1v) is 4.35. The molecule has 1 aliphatic heterocycles. The van der Waals surface area contributed by atoms with Gasteiger partial charge in [-0.1, -0.05) is 0 Å². The Morgan fingerprint density at radius 1 is 1.15 bits per heavy atom. The quantitative estimate of drug-likeness (QED) is 0.567. The van der Waals surface area contributed by atoms with Crippen molar-refractivity contribution in [1.29, 1.82) is 0 Å². The number of hydrogen-bond acceptors (Lipinski definition) is 4. The van der Waals surface area contributed by atoms with Crippen LogP contribution in [0.25, 0.3) is 0 Å². The van der Waals surface area contributed by atoms with Crippen molar-refractivity contribution < 1.29 is 9.31 Å². The molecule has 1 aliphatic rings. The molecule has 68 valence electrons. The first-order valence-electron chi connectivity index (χ1n) is 4.35. The lowest BCUT2D eigenvalue weighted by Crippen LogP contribution is -2.37. The van der Waals surface area contributed by atoms with Crippen molar-refractivity contribution in [2.75, 3.05) is 0 Å². The smallest absolute Gasteiger partial charge is 0.400 e. The summed E-state index contributed by atoms with van der Waals surface area (Å²) >= 11 is 0. The number of nitrogens with zero attached hydrogens (tertiary/aromatic N) is 2. The summed E-state index contributed by atoms with van der Waals surface area (Å²) in [5.74, 6) is 0. The Kier molecular flexibility index (Phi) is 2.29. The summed E-state index contributed by atoms with van der Waals surface area (Å²) in [6.45, 7) is 3.96. The summed E-state index contributed by atoms with van der Waals surface area (Å²) in [6.07, 6.45) is 3.58. The highest BCUT2D eigenvalue weighted by molar-refractivity contribution is 6.59. The van der Waals surface area contributed by atoms with E-state index < -0.39 is 7.12 Å². The van der Waals surface area contributed by atoms with E-state index in [1.165, 1.54) is 0 Å². The summed E-state index contributed by atoms with van der Waals surface area (Å²) in [6, 6.07) is 1.77. The van der Waals surface area contributed by atoms with Crippen LogP contribution in [0.2, 0.25) is 0 Å². The van der Waals surface area contributed by atoms with Crippen molar-refractivity contribution in [2.24, 2.45) is 0 Å². The van der Waals surface area contributed by atoms with Crippen LogP contribution in [0.5, 0.6) is 0 Å². The minimum atomic E-state index is -0.397. The molecule has 0 saturated carbocycles. The molecule has 1 saturated heterocycles. The van der Waals surface area contributed by atoms with Crippen LogP contribution < -0.4 is 5.72 Å². The Labute approximate surface area is 77.4 Å². The Balaban J connectivity index is 2.12. The fraction of sp³-hybridized carbons (Fsp3) is 0.500. The van der Waals surface area contributed by atoms with Crippen LogP contribution in [0, 0.1) is 0 Å². The van der Waals surface area contributed by atoms with Gasteiger partial charge in [0.1, 0.15) is 0 Å². The van der Waals surface area contributed by atoms with Crippen LogP contribution in [-0.4, -0.2) is 29.3 Å². The molecule has 1 fully saturated rings. The van der Waals surface area contributed by atoms with E-state index in [2.05, 4.69) is 9.97 Å². The molecule has 0 aliphatic carbocycles. The molecule has 2 atom stereocenters. The molecule has 1 aromatic heterocycles. The van der Waals surface area contributed by atoms with Crippen LogP contribution in [0.15, 0.2) is 18.5 Å². The first-order chi connectivity index (χ1) is 6.27. The maximum atomic E-state index is 5.51. The zero-order valence-corrected chi connectivity index (χ0v) is 7.68. The average Bonchev–Trinajstić information content (AvgIpc) is 2.49. The minimum absolute atomic E-state index is 0.105. The Hall–Kier alpha value is -0.935. The monoisotopic (exact) mass is 178 g/mol. The second kappa shape index (κ2) is 3.43. The summed E-state index contributed by atoms with van der Waals surface area (Å²) < 4.78 is 11.0. The van der Waals surface area contributed by atoms with E-state index in [1.54, 1.807) is 18.5 Å². The highest BCUT2D eigenvalue weighted by Crippen LogP contribution is 2.14. The molecule has 2 unspecified atom stereocenters. The van der Waals surface area contributed by atoms with Crippen molar-refractivity contribution in [3.63, 3.8) is 0 Å². The van der Waals surface area contributed by atoms with Crippen LogP contribution in [0.1, 0.15) is 13.8 Å². The SMILES string of the molecule is CC1OB(c2ncccn2)OC1C. The van der Waals surface area contributed by atoms with E-state index in [-0.39, 0.29) is 12.2 Å². The molecule has 2 heterocycles. The van der Waals surface area contributed by atoms with Gasteiger partial charge in [-0.3, -0.25) is 0 Å². The lowest BCUT2D eigenvalue weighted by atomic mass is 9.89. The van der Waals surface area contributed by atoms with Crippen LogP contribution in [0.3, 0.4) is 0 Å². The fourth-order valence-corrected chi connectivity index (χ4v) is 1.20. The molecule has 0 spiro atoms. The van der Waals surface area contributed by atoms with Crippen molar-refractivity contribution in [3.8, 4) is 0 Å². The van der Waals surface area contributed by atoms with Crippen molar-refractivity contribution in [3.05, 3.63) is 18.5 Å². The number of aromatic nitrogens is 2. The van der Waals surface area contributed by atoms with Gasteiger partial charge >= 0.3 is 7.12 Å².